The molecule has 0 aliphatic carbocycles. The van der Waals surface area contributed by atoms with Crippen molar-refractivity contribution < 1.29 is 4.79 Å². The van der Waals surface area contributed by atoms with Crippen LogP contribution in [0.4, 0.5) is 0 Å². The normalized spacial score (nSPS) is 11.2. The van der Waals surface area contributed by atoms with Gasteiger partial charge < -0.3 is 0 Å². The molecule has 0 saturated heterocycles. The number of carbonyl (C=O) groups is 1. The predicted molar refractivity (Wildman–Crippen MR) is 84.9 cm³/mol. The highest BCUT2D eigenvalue weighted by Gasteiger charge is 2.17. The summed E-state index contributed by atoms with van der Waals surface area (Å²) in [6.07, 6.45) is 4.52. The Hall–Kier alpha value is -0.0900. The van der Waals surface area contributed by atoms with E-state index in [0.29, 0.717) is 20.8 Å². The molecule has 0 spiro atoms. The summed E-state index contributed by atoms with van der Waals surface area (Å²) < 4.78 is 1.07. The number of rotatable bonds is 9. The summed E-state index contributed by atoms with van der Waals surface area (Å²) in [6.45, 7) is 6.70. The molecule has 0 bridgehead atoms. The molecule has 1 heterocycles. The van der Waals surface area contributed by atoms with Crippen LogP contribution in [0.25, 0.3) is 0 Å². The average molecular weight is 322 g/mol. The van der Waals surface area contributed by atoms with Gasteiger partial charge >= 0.3 is 0 Å². The van der Waals surface area contributed by atoms with E-state index in [0.717, 1.165) is 38.8 Å². The molecule has 0 amide bonds. The minimum atomic E-state index is 0.0698. The fourth-order valence-electron chi connectivity index (χ4n) is 1.85. The van der Waals surface area contributed by atoms with Crippen LogP contribution in [0.2, 0.25) is 8.67 Å². The van der Waals surface area contributed by atoms with E-state index in [4.69, 9.17) is 23.2 Å². The molecule has 0 atom stereocenters. The van der Waals surface area contributed by atoms with Gasteiger partial charge in [-0.2, -0.15) is 0 Å². The minimum Gasteiger partial charge on any atom is -0.296 e. The van der Waals surface area contributed by atoms with Gasteiger partial charge in [0.2, 0.25) is 0 Å². The molecule has 0 fully saturated rings. The third kappa shape index (κ3) is 5.82. The maximum absolute atomic E-state index is 12.2. The molecule has 0 radical (unpaired) electrons. The second-order valence-electron chi connectivity index (χ2n) is 4.64. The molecule has 5 heteroatoms. The molecular weight excluding hydrogens is 301 g/mol. The third-order valence-electron chi connectivity index (χ3n) is 2.98. The van der Waals surface area contributed by atoms with E-state index in [1.54, 1.807) is 6.07 Å². The zero-order valence-corrected chi connectivity index (χ0v) is 13.9. The molecular formula is C14H21Cl2NOS. The molecule has 2 nitrogen and oxygen atoms in total. The van der Waals surface area contributed by atoms with Gasteiger partial charge in [-0.25, -0.2) is 0 Å². The first-order valence-electron chi connectivity index (χ1n) is 6.78. The number of hydrogen-bond acceptors (Lipinski definition) is 3. The van der Waals surface area contributed by atoms with Crippen molar-refractivity contribution in [2.24, 2.45) is 0 Å². The van der Waals surface area contributed by atoms with Gasteiger partial charge in [0.25, 0.3) is 0 Å². The van der Waals surface area contributed by atoms with Crippen LogP contribution in [0.1, 0.15) is 49.9 Å². The Morgan fingerprint density at radius 1 is 1.21 bits per heavy atom. The van der Waals surface area contributed by atoms with Crippen LogP contribution in [0, 0.1) is 0 Å². The molecule has 108 valence electrons. The van der Waals surface area contributed by atoms with Crippen LogP contribution in [0.3, 0.4) is 0 Å². The SMILES string of the molecule is CCCCN(CCCC)CC(=O)c1cc(Cl)sc1Cl. The van der Waals surface area contributed by atoms with E-state index in [2.05, 4.69) is 18.7 Å². The Morgan fingerprint density at radius 2 is 1.79 bits per heavy atom. The Morgan fingerprint density at radius 3 is 2.21 bits per heavy atom. The van der Waals surface area contributed by atoms with Crippen molar-refractivity contribution in [1.82, 2.24) is 4.90 Å². The van der Waals surface area contributed by atoms with Crippen molar-refractivity contribution in [1.29, 1.82) is 0 Å². The summed E-state index contributed by atoms with van der Waals surface area (Å²) in [4.78, 5) is 14.5. The van der Waals surface area contributed by atoms with Crippen molar-refractivity contribution in [3.8, 4) is 0 Å². The highest BCUT2D eigenvalue weighted by molar-refractivity contribution is 7.20. The Kier molecular flexibility index (Phi) is 8.00. The first-order valence-corrected chi connectivity index (χ1v) is 8.36. The van der Waals surface area contributed by atoms with E-state index in [1.165, 1.54) is 11.3 Å². The lowest BCUT2D eigenvalue weighted by Gasteiger charge is -2.20. The van der Waals surface area contributed by atoms with E-state index in [-0.39, 0.29) is 5.78 Å². The number of ketones is 1. The predicted octanol–water partition coefficient (Wildman–Crippen LogP) is 5.14. The quantitative estimate of drug-likeness (QED) is 0.587. The first kappa shape index (κ1) is 17.0. The van der Waals surface area contributed by atoms with Crippen molar-refractivity contribution in [3.63, 3.8) is 0 Å². The largest absolute Gasteiger partial charge is 0.296 e. The van der Waals surface area contributed by atoms with Crippen molar-refractivity contribution in [3.05, 3.63) is 20.3 Å². The number of carbonyl (C=O) groups excluding carboxylic acids is 1. The van der Waals surface area contributed by atoms with E-state index in [9.17, 15) is 4.79 Å². The zero-order chi connectivity index (χ0) is 14.3. The van der Waals surface area contributed by atoms with Crippen LogP contribution in [-0.2, 0) is 0 Å². The number of thiophene rings is 1. The Balaban J connectivity index is 2.61. The molecule has 0 N–H and O–H groups in total. The zero-order valence-electron chi connectivity index (χ0n) is 11.5. The molecule has 1 aromatic rings. The highest BCUT2D eigenvalue weighted by atomic mass is 35.5. The van der Waals surface area contributed by atoms with Gasteiger partial charge in [0, 0.05) is 0 Å². The third-order valence-corrected chi connectivity index (χ3v) is 4.47. The standard InChI is InChI=1S/C14H21Cl2NOS/c1-3-5-7-17(8-6-4-2)10-12(18)11-9-13(15)19-14(11)16/h9H,3-8,10H2,1-2H3. The number of unbranched alkanes of at least 4 members (excludes halogenated alkanes) is 2. The van der Waals surface area contributed by atoms with E-state index in [1.807, 2.05) is 0 Å². The summed E-state index contributed by atoms with van der Waals surface area (Å²) in [5.74, 6) is 0.0698. The Labute approximate surface area is 129 Å². The highest BCUT2D eigenvalue weighted by Crippen LogP contribution is 2.31. The van der Waals surface area contributed by atoms with Gasteiger partial charge in [-0.1, -0.05) is 49.9 Å². The topological polar surface area (TPSA) is 20.3 Å². The second kappa shape index (κ2) is 8.96. The van der Waals surface area contributed by atoms with E-state index >= 15 is 0 Å². The molecule has 0 unspecified atom stereocenters. The molecule has 0 aromatic carbocycles. The number of Topliss-reactive ketones (excluding diaryl/α,β-unsaturated/α-hetero) is 1. The van der Waals surface area contributed by atoms with Gasteiger partial charge in [0.1, 0.15) is 4.34 Å². The molecule has 1 aromatic heterocycles. The van der Waals surface area contributed by atoms with Gasteiger partial charge in [-0.3, -0.25) is 9.69 Å². The van der Waals surface area contributed by atoms with Gasteiger partial charge in [-0.15, -0.1) is 11.3 Å². The summed E-state index contributed by atoms with van der Waals surface area (Å²) in [7, 11) is 0. The number of nitrogens with zero attached hydrogens (tertiary/aromatic N) is 1. The first-order chi connectivity index (χ1) is 9.08. The monoisotopic (exact) mass is 321 g/mol. The summed E-state index contributed by atoms with van der Waals surface area (Å²) in [6, 6.07) is 1.68. The van der Waals surface area contributed by atoms with Gasteiger partial charge in [0.05, 0.1) is 16.4 Å². The minimum absolute atomic E-state index is 0.0698. The molecule has 0 aliphatic rings. The smallest absolute Gasteiger partial charge is 0.179 e. The van der Waals surface area contributed by atoms with Crippen LogP contribution < -0.4 is 0 Å². The average Bonchev–Trinajstić information content (AvgIpc) is 2.71. The maximum atomic E-state index is 12.2. The lowest BCUT2D eigenvalue weighted by Crippen LogP contribution is -2.31. The summed E-state index contributed by atoms with van der Waals surface area (Å²) >= 11 is 13.2. The van der Waals surface area contributed by atoms with Crippen molar-refractivity contribution >= 4 is 40.3 Å². The fourth-order valence-corrected chi connectivity index (χ4v) is 3.35. The Bertz CT molecular complexity index is 398. The lowest BCUT2D eigenvalue weighted by atomic mass is 10.2. The van der Waals surface area contributed by atoms with Gasteiger partial charge in [0.15, 0.2) is 5.78 Å². The van der Waals surface area contributed by atoms with E-state index < -0.39 is 0 Å². The van der Waals surface area contributed by atoms with Crippen LogP contribution in [-0.4, -0.2) is 30.3 Å². The summed E-state index contributed by atoms with van der Waals surface area (Å²) in [5.41, 5.74) is 0.565. The summed E-state index contributed by atoms with van der Waals surface area (Å²) in [5, 5.41) is 0. The van der Waals surface area contributed by atoms with Crippen LogP contribution in [0.5, 0.6) is 0 Å². The molecule has 19 heavy (non-hydrogen) atoms. The fraction of sp³-hybridized carbons (Fsp3) is 0.643. The number of hydrogen-bond donors (Lipinski definition) is 0. The maximum Gasteiger partial charge on any atom is 0.179 e. The second-order valence-corrected chi connectivity index (χ2v) is 6.93. The van der Waals surface area contributed by atoms with Crippen LogP contribution in [0.15, 0.2) is 6.07 Å². The molecule has 0 aliphatic heterocycles. The molecule has 0 saturated carbocycles. The van der Waals surface area contributed by atoms with Crippen LogP contribution >= 0.6 is 34.5 Å². The number of halogens is 2. The van der Waals surface area contributed by atoms with Crippen molar-refractivity contribution in [2.75, 3.05) is 19.6 Å². The van der Waals surface area contributed by atoms with Crippen molar-refractivity contribution in [2.45, 2.75) is 39.5 Å². The molecule has 1 rings (SSSR count). The lowest BCUT2D eigenvalue weighted by molar-refractivity contribution is 0.0929. The van der Waals surface area contributed by atoms with Gasteiger partial charge in [-0.05, 0) is 32.0 Å².